The Morgan fingerprint density at radius 3 is 2.45 bits per heavy atom. The summed E-state index contributed by atoms with van der Waals surface area (Å²) in [6, 6.07) is 15.1. The van der Waals surface area contributed by atoms with Crippen LogP contribution in [0.25, 0.3) is 0 Å². The SMILES string of the molecule is Cc1ccccc1CNC(=O)[C@]1(C)CCCN(S(=O)(=O)c2ccc(CC(C)C)cc2)C1. The maximum Gasteiger partial charge on any atom is 0.243 e. The van der Waals surface area contributed by atoms with E-state index in [0.717, 1.165) is 23.1 Å². The van der Waals surface area contributed by atoms with E-state index < -0.39 is 15.4 Å². The van der Waals surface area contributed by atoms with Crippen molar-refractivity contribution in [1.82, 2.24) is 9.62 Å². The zero-order chi connectivity index (χ0) is 22.6. The molecule has 0 aromatic heterocycles. The molecule has 6 heteroatoms. The van der Waals surface area contributed by atoms with Gasteiger partial charge in [-0.15, -0.1) is 0 Å². The minimum Gasteiger partial charge on any atom is -0.352 e. The van der Waals surface area contributed by atoms with Gasteiger partial charge in [-0.25, -0.2) is 8.42 Å². The molecule has 1 aliphatic heterocycles. The molecule has 1 N–H and O–H groups in total. The fourth-order valence-corrected chi connectivity index (χ4v) is 5.80. The third kappa shape index (κ3) is 5.55. The number of carbonyl (C=O) groups is 1. The summed E-state index contributed by atoms with van der Waals surface area (Å²) in [5.41, 5.74) is 2.59. The highest BCUT2D eigenvalue weighted by Gasteiger charge is 2.41. The minimum absolute atomic E-state index is 0.0945. The van der Waals surface area contributed by atoms with E-state index in [0.29, 0.717) is 36.7 Å². The van der Waals surface area contributed by atoms with Crippen LogP contribution in [0.3, 0.4) is 0 Å². The van der Waals surface area contributed by atoms with E-state index in [4.69, 9.17) is 0 Å². The molecule has 0 aliphatic carbocycles. The van der Waals surface area contributed by atoms with Crippen LogP contribution in [0.15, 0.2) is 53.4 Å². The number of piperidine rings is 1. The summed E-state index contributed by atoms with van der Waals surface area (Å²) in [5.74, 6) is 0.423. The first kappa shape index (κ1) is 23.5. The molecule has 5 nitrogen and oxygen atoms in total. The Morgan fingerprint density at radius 1 is 1.13 bits per heavy atom. The maximum atomic E-state index is 13.2. The molecule has 168 valence electrons. The van der Waals surface area contributed by atoms with Gasteiger partial charge in [-0.1, -0.05) is 50.2 Å². The standard InChI is InChI=1S/C25H34N2O3S/c1-19(2)16-21-10-12-23(13-11-21)31(29,30)27-15-7-14-25(4,18-27)24(28)26-17-22-9-6-5-8-20(22)3/h5-6,8-13,19H,7,14-18H2,1-4H3,(H,26,28)/t25-/m1/s1. The Bertz CT molecular complexity index is 1020. The first-order chi connectivity index (χ1) is 14.6. The predicted octanol–water partition coefficient (Wildman–Crippen LogP) is 4.30. The Hall–Kier alpha value is -2.18. The van der Waals surface area contributed by atoms with Gasteiger partial charge in [0.1, 0.15) is 0 Å². The van der Waals surface area contributed by atoms with Gasteiger partial charge in [-0.05, 0) is 67.9 Å². The van der Waals surface area contributed by atoms with Crippen molar-refractivity contribution in [2.45, 2.75) is 58.4 Å². The lowest BCUT2D eigenvalue weighted by Gasteiger charge is -2.38. The lowest BCUT2D eigenvalue weighted by atomic mass is 9.82. The molecule has 1 fully saturated rings. The Kier molecular flexibility index (Phi) is 7.22. The summed E-state index contributed by atoms with van der Waals surface area (Å²) in [6.45, 7) is 9.26. The highest BCUT2D eigenvalue weighted by atomic mass is 32.2. The second-order valence-corrected chi connectivity index (χ2v) is 11.3. The van der Waals surface area contributed by atoms with Crippen LogP contribution >= 0.6 is 0 Å². The lowest BCUT2D eigenvalue weighted by Crippen LogP contribution is -2.51. The van der Waals surface area contributed by atoms with E-state index in [1.54, 1.807) is 12.1 Å². The van der Waals surface area contributed by atoms with Crippen LogP contribution < -0.4 is 5.32 Å². The fourth-order valence-electron chi connectivity index (χ4n) is 4.20. The van der Waals surface area contributed by atoms with Gasteiger partial charge >= 0.3 is 0 Å². The van der Waals surface area contributed by atoms with Gasteiger partial charge in [0.2, 0.25) is 15.9 Å². The Morgan fingerprint density at radius 2 is 1.81 bits per heavy atom. The highest BCUT2D eigenvalue weighted by molar-refractivity contribution is 7.89. The predicted molar refractivity (Wildman–Crippen MR) is 124 cm³/mol. The minimum atomic E-state index is -3.63. The van der Waals surface area contributed by atoms with Crippen molar-refractivity contribution in [1.29, 1.82) is 0 Å². The van der Waals surface area contributed by atoms with Crippen molar-refractivity contribution in [3.63, 3.8) is 0 Å². The molecule has 1 amide bonds. The summed E-state index contributed by atoms with van der Waals surface area (Å²) in [6.07, 6.45) is 2.26. The fraction of sp³-hybridized carbons (Fsp3) is 0.480. The largest absolute Gasteiger partial charge is 0.352 e. The summed E-state index contributed by atoms with van der Waals surface area (Å²) >= 11 is 0. The summed E-state index contributed by atoms with van der Waals surface area (Å²) in [4.78, 5) is 13.3. The third-order valence-corrected chi connectivity index (χ3v) is 7.97. The number of hydrogen-bond acceptors (Lipinski definition) is 3. The van der Waals surface area contributed by atoms with Crippen LogP contribution in [0.1, 0.15) is 50.3 Å². The number of nitrogens with one attached hydrogen (secondary N) is 1. The number of benzene rings is 2. The molecule has 0 bridgehead atoms. The van der Waals surface area contributed by atoms with Gasteiger partial charge in [-0.2, -0.15) is 4.31 Å². The second-order valence-electron chi connectivity index (χ2n) is 9.35. The van der Waals surface area contributed by atoms with Crippen LogP contribution in [-0.2, 0) is 27.8 Å². The Labute approximate surface area is 186 Å². The molecule has 1 aliphatic rings. The molecule has 1 saturated heterocycles. The average Bonchev–Trinajstić information content (AvgIpc) is 2.73. The normalized spacial score (nSPS) is 20.0. The number of carbonyl (C=O) groups excluding carboxylic acids is 1. The second kappa shape index (κ2) is 9.53. The number of aryl methyl sites for hydroxylation is 1. The summed E-state index contributed by atoms with van der Waals surface area (Å²) in [5, 5.41) is 3.03. The number of nitrogens with zero attached hydrogens (tertiary/aromatic N) is 1. The van der Waals surface area contributed by atoms with Crippen molar-refractivity contribution >= 4 is 15.9 Å². The smallest absolute Gasteiger partial charge is 0.243 e. The first-order valence-electron chi connectivity index (χ1n) is 11.0. The van der Waals surface area contributed by atoms with Crippen LogP contribution in [0.4, 0.5) is 0 Å². The van der Waals surface area contributed by atoms with Crippen molar-refractivity contribution in [2.24, 2.45) is 11.3 Å². The molecule has 0 saturated carbocycles. The van der Waals surface area contributed by atoms with Crippen LogP contribution in [0.5, 0.6) is 0 Å². The first-order valence-corrected chi connectivity index (χ1v) is 12.5. The Balaban J connectivity index is 1.70. The van der Waals surface area contributed by atoms with Gasteiger partial charge in [0.25, 0.3) is 0 Å². The van der Waals surface area contributed by atoms with Gasteiger partial charge in [0.15, 0.2) is 0 Å². The molecule has 31 heavy (non-hydrogen) atoms. The molecule has 2 aromatic rings. The number of hydrogen-bond donors (Lipinski definition) is 1. The van der Waals surface area contributed by atoms with E-state index in [1.807, 2.05) is 50.2 Å². The van der Waals surface area contributed by atoms with Gasteiger partial charge in [-0.3, -0.25) is 4.79 Å². The molecule has 1 atom stereocenters. The molecule has 0 radical (unpaired) electrons. The molecule has 0 unspecified atom stereocenters. The maximum absolute atomic E-state index is 13.2. The quantitative estimate of drug-likeness (QED) is 0.695. The number of rotatable bonds is 7. The molecule has 1 heterocycles. The van der Waals surface area contributed by atoms with Gasteiger partial charge in [0, 0.05) is 19.6 Å². The highest BCUT2D eigenvalue weighted by Crippen LogP contribution is 2.33. The molecule has 3 rings (SSSR count). The zero-order valence-electron chi connectivity index (χ0n) is 19.0. The topological polar surface area (TPSA) is 66.5 Å². The van der Waals surface area contributed by atoms with Crippen molar-refractivity contribution in [3.05, 3.63) is 65.2 Å². The summed E-state index contributed by atoms with van der Waals surface area (Å²) < 4.78 is 28.0. The van der Waals surface area contributed by atoms with Crippen molar-refractivity contribution in [2.75, 3.05) is 13.1 Å². The van der Waals surface area contributed by atoms with Crippen molar-refractivity contribution in [3.8, 4) is 0 Å². The zero-order valence-corrected chi connectivity index (χ0v) is 19.8. The molecule has 2 aromatic carbocycles. The van der Waals surface area contributed by atoms with E-state index in [-0.39, 0.29) is 12.5 Å². The van der Waals surface area contributed by atoms with E-state index >= 15 is 0 Å². The van der Waals surface area contributed by atoms with Crippen LogP contribution in [-0.4, -0.2) is 31.7 Å². The monoisotopic (exact) mass is 442 g/mol. The molecule has 0 spiro atoms. The van der Waals surface area contributed by atoms with E-state index in [1.165, 1.54) is 4.31 Å². The molecular weight excluding hydrogens is 408 g/mol. The number of sulfonamides is 1. The third-order valence-electron chi connectivity index (χ3n) is 6.12. The van der Waals surface area contributed by atoms with Crippen LogP contribution in [0.2, 0.25) is 0 Å². The van der Waals surface area contributed by atoms with E-state index in [2.05, 4.69) is 19.2 Å². The van der Waals surface area contributed by atoms with E-state index in [9.17, 15) is 13.2 Å². The average molecular weight is 443 g/mol. The van der Waals surface area contributed by atoms with Gasteiger partial charge in [0.05, 0.1) is 10.3 Å². The lowest BCUT2D eigenvalue weighted by molar-refractivity contribution is -0.132. The molecular formula is C25H34N2O3S. The van der Waals surface area contributed by atoms with Gasteiger partial charge < -0.3 is 5.32 Å². The van der Waals surface area contributed by atoms with Crippen molar-refractivity contribution < 1.29 is 13.2 Å². The number of amides is 1. The summed E-state index contributed by atoms with van der Waals surface area (Å²) in [7, 11) is -3.63. The van der Waals surface area contributed by atoms with Crippen LogP contribution in [0, 0.1) is 18.3 Å².